The van der Waals surface area contributed by atoms with Crippen LogP contribution >= 0.6 is 0 Å². The van der Waals surface area contributed by atoms with Crippen LogP contribution in [0, 0.1) is 0 Å². The van der Waals surface area contributed by atoms with Gasteiger partial charge in [0.05, 0.1) is 15.8 Å². The van der Waals surface area contributed by atoms with Crippen molar-refractivity contribution >= 4 is 21.2 Å². The Balaban J connectivity index is 2.45. The summed E-state index contributed by atoms with van der Waals surface area (Å²) in [6.07, 6.45) is 4.70. The van der Waals surface area contributed by atoms with Gasteiger partial charge < -0.3 is 4.90 Å². The molecule has 0 saturated carbocycles. The van der Waals surface area contributed by atoms with E-state index in [-0.39, 0.29) is 10.6 Å². The average Bonchev–Trinajstić information content (AvgIpc) is 2.76. The first kappa shape index (κ1) is 16.6. The summed E-state index contributed by atoms with van der Waals surface area (Å²) in [7, 11) is -3.47. The number of hydrogen-bond acceptors (Lipinski definition) is 4. The van der Waals surface area contributed by atoms with Gasteiger partial charge in [0.1, 0.15) is 0 Å². The lowest BCUT2D eigenvalue weighted by atomic mass is 10.2. The predicted octanol–water partition coefficient (Wildman–Crippen LogP) is 4.19. The van der Waals surface area contributed by atoms with E-state index in [0.29, 0.717) is 0 Å². The quantitative estimate of drug-likeness (QED) is 0.473. The van der Waals surface area contributed by atoms with Crippen LogP contribution < -0.4 is 4.90 Å². The second-order valence-electron chi connectivity index (χ2n) is 5.84. The van der Waals surface area contributed by atoms with Gasteiger partial charge >= 0.3 is 0 Å². The molecule has 1 fully saturated rings. The smallest absolute Gasteiger partial charge is 0.181 e. The molecule has 22 heavy (non-hydrogen) atoms. The Labute approximate surface area is 131 Å². The topological polar surface area (TPSA) is 86.1 Å². The maximum Gasteiger partial charge on any atom is 0.181 e. The minimum atomic E-state index is -3.47. The molecule has 1 heterocycles. The van der Waals surface area contributed by atoms with Crippen molar-refractivity contribution in [3.05, 3.63) is 28.6 Å². The van der Waals surface area contributed by atoms with Crippen LogP contribution in [0.4, 0.5) is 11.4 Å². The third-order valence-electron chi connectivity index (χ3n) is 3.99. The summed E-state index contributed by atoms with van der Waals surface area (Å²) in [4.78, 5) is 5.13. The van der Waals surface area contributed by atoms with Crippen LogP contribution in [0.15, 0.2) is 28.2 Å². The first-order valence-electron chi connectivity index (χ1n) is 7.65. The molecule has 0 unspecified atom stereocenters. The molecule has 120 valence electrons. The van der Waals surface area contributed by atoms with Crippen molar-refractivity contribution in [1.29, 1.82) is 0 Å². The van der Waals surface area contributed by atoms with Crippen molar-refractivity contribution < 1.29 is 8.42 Å². The molecule has 0 atom stereocenters. The van der Waals surface area contributed by atoms with Gasteiger partial charge in [-0.05, 0) is 50.4 Å². The Morgan fingerprint density at radius 3 is 2.36 bits per heavy atom. The van der Waals surface area contributed by atoms with Crippen LogP contribution in [0.5, 0.6) is 0 Å². The van der Waals surface area contributed by atoms with Gasteiger partial charge in [0.25, 0.3) is 0 Å². The van der Waals surface area contributed by atoms with E-state index in [2.05, 4.69) is 14.9 Å². The van der Waals surface area contributed by atoms with E-state index in [1.54, 1.807) is 26.0 Å². The standard InChI is InChI=1S/C15H22N4O2S/c1-12(2)22(20,21)15-8-7-13(11-14(15)17-18-16)19-9-5-3-4-6-10-19/h7-8,11-12H,3-6,9-10H2,1-2H3. The number of hydrogen-bond donors (Lipinski definition) is 0. The number of anilines is 1. The molecule has 1 aliphatic heterocycles. The largest absolute Gasteiger partial charge is 0.372 e. The first-order valence-corrected chi connectivity index (χ1v) is 9.19. The highest BCUT2D eigenvalue weighted by Gasteiger charge is 2.23. The van der Waals surface area contributed by atoms with Crippen molar-refractivity contribution in [3.8, 4) is 0 Å². The van der Waals surface area contributed by atoms with Gasteiger partial charge in [-0.3, -0.25) is 0 Å². The summed E-state index contributed by atoms with van der Waals surface area (Å²) in [6, 6.07) is 5.08. The number of sulfone groups is 1. The van der Waals surface area contributed by atoms with E-state index in [9.17, 15) is 8.42 Å². The summed E-state index contributed by atoms with van der Waals surface area (Å²) in [5, 5.41) is 3.06. The van der Waals surface area contributed by atoms with Crippen molar-refractivity contribution in [2.24, 2.45) is 5.11 Å². The lowest BCUT2D eigenvalue weighted by Gasteiger charge is -2.23. The Morgan fingerprint density at radius 1 is 1.18 bits per heavy atom. The molecule has 1 aromatic rings. The molecular weight excluding hydrogens is 300 g/mol. The maximum absolute atomic E-state index is 12.4. The molecule has 0 bridgehead atoms. The molecule has 1 saturated heterocycles. The van der Waals surface area contributed by atoms with Gasteiger partial charge in [-0.2, -0.15) is 0 Å². The Kier molecular flexibility index (Phi) is 5.32. The van der Waals surface area contributed by atoms with Gasteiger partial charge in [0.15, 0.2) is 9.84 Å². The molecule has 0 N–H and O–H groups in total. The van der Waals surface area contributed by atoms with E-state index in [1.165, 1.54) is 12.8 Å². The highest BCUT2D eigenvalue weighted by molar-refractivity contribution is 7.92. The molecular formula is C15H22N4O2S. The fourth-order valence-electron chi connectivity index (χ4n) is 2.65. The molecule has 1 aliphatic rings. The third-order valence-corrected chi connectivity index (χ3v) is 6.19. The van der Waals surface area contributed by atoms with Crippen LogP contribution in [0.3, 0.4) is 0 Å². The van der Waals surface area contributed by atoms with Crippen LogP contribution in [0.25, 0.3) is 10.4 Å². The van der Waals surface area contributed by atoms with E-state index >= 15 is 0 Å². The highest BCUT2D eigenvalue weighted by Crippen LogP contribution is 2.32. The minimum Gasteiger partial charge on any atom is -0.372 e. The normalized spacial score (nSPS) is 16.2. The SMILES string of the molecule is CC(C)S(=O)(=O)c1ccc(N2CCCCCC2)cc1N=[N+]=[N-]. The Hall–Kier alpha value is -1.72. The van der Waals surface area contributed by atoms with Gasteiger partial charge in [-0.15, -0.1) is 0 Å². The van der Waals surface area contributed by atoms with Crippen LogP contribution in [-0.4, -0.2) is 26.8 Å². The van der Waals surface area contributed by atoms with Gasteiger partial charge in [-0.25, -0.2) is 8.42 Å². The Bertz CT molecular complexity index is 671. The third kappa shape index (κ3) is 3.54. The van der Waals surface area contributed by atoms with E-state index < -0.39 is 15.1 Å². The van der Waals surface area contributed by atoms with Crippen LogP contribution in [0.2, 0.25) is 0 Å². The average molecular weight is 322 g/mol. The van der Waals surface area contributed by atoms with Crippen molar-refractivity contribution in [2.45, 2.75) is 49.7 Å². The fraction of sp³-hybridized carbons (Fsp3) is 0.600. The fourth-order valence-corrected chi connectivity index (χ4v) is 3.81. The summed E-state index contributed by atoms with van der Waals surface area (Å²) in [6.45, 7) is 5.15. The van der Waals surface area contributed by atoms with E-state index in [1.807, 2.05) is 6.07 Å². The summed E-state index contributed by atoms with van der Waals surface area (Å²) in [5.41, 5.74) is 9.86. The zero-order valence-electron chi connectivity index (χ0n) is 13.1. The summed E-state index contributed by atoms with van der Waals surface area (Å²) < 4.78 is 24.7. The lowest BCUT2D eigenvalue weighted by molar-refractivity contribution is 0.587. The number of nitrogens with zero attached hydrogens (tertiary/aromatic N) is 4. The highest BCUT2D eigenvalue weighted by atomic mass is 32.2. The molecule has 0 aliphatic carbocycles. The molecule has 0 aromatic heterocycles. The number of rotatable bonds is 4. The van der Waals surface area contributed by atoms with Crippen molar-refractivity contribution in [1.82, 2.24) is 0 Å². The molecule has 7 heteroatoms. The second kappa shape index (κ2) is 7.03. The Morgan fingerprint density at radius 2 is 1.82 bits per heavy atom. The number of azide groups is 1. The molecule has 0 spiro atoms. The second-order valence-corrected chi connectivity index (χ2v) is 8.31. The molecule has 1 aromatic carbocycles. The van der Waals surface area contributed by atoms with Crippen LogP contribution in [0.1, 0.15) is 39.5 Å². The zero-order valence-corrected chi connectivity index (χ0v) is 13.9. The van der Waals surface area contributed by atoms with Crippen molar-refractivity contribution in [3.63, 3.8) is 0 Å². The summed E-state index contributed by atoms with van der Waals surface area (Å²) >= 11 is 0. The molecule has 2 rings (SSSR count). The molecule has 0 radical (unpaired) electrons. The van der Waals surface area contributed by atoms with Gasteiger partial charge in [-0.1, -0.05) is 18.0 Å². The van der Waals surface area contributed by atoms with Gasteiger partial charge in [0, 0.05) is 23.7 Å². The lowest BCUT2D eigenvalue weighted by Crippen LogP contribution is -2.24. The zero-order chi connectivity index (χ0) is 16.2. The number of benzene rings is 1. The van der Waals surface area contributed by atoms with Crippen LogP contribution in [-0.2, 0) is 9.84 Å². The van der Waals surface area contributed by atoms with E-state index in [0.717, 1.165) is 31.6 Å². The predicted molar refractivity (Wildman–Crippen MR) is 88.3 cm³/mol. The monoisotopic (exact) mass is 322 g/mol. The summed E-state index contributed by atoms with van der Waals surface area (Å²) in [5.74, 6) is 0. The molecule has 6 nitrogen and oxygen atoms in total. The minimum absolute atomic E-state index is 0.110. The first-order chi connectivity index (χ1) is 10.5. The van der Waals surface area contributed by atoms with Crippen molar-refractivity contribution in [2.75, 3.05) is 18.0 Å². The molecule has 0 amide bonds. The van der Waals surface area contributed by atoms with E-state index in [4.69, 9.17) is 5.53 Å². The maximum atomic E-state index is 12.4. The van der Waals surface area contributed by atoms with Gasteiger partial charge in [0.2, 0.25) is 0 Å².